The first-order valence-electron chi connectivity index (χ1n) is 7.93. The van der Waals surface area contributed by atoms with Crippen LogP contribution < -0.4 is 10.3 Å². The van der Waals surface area contributed by atoms with Gasteiger partial charge in [-0.3, -0.25) is 9.36 Å². The fraction of sp³-hybridized carbons (Fsp3) is 0.278. The van der Waals surface area contributed by atoms with Gasteiger partial charge in [0, 0.05) is 5.38 Å². The van der Waals surface area contributed by atoms with Crippen molar-refractivity contribution < 1.29 is 14.3 Å². The summed E-state index contributed by atoms with van der Waals surface area (Å²) in [5.74, 6) is 0.247. The SMILES string of the molecule is CCOC(=O)c1csc2ncn(CCOc3ccc(C)cc3)c(=O)c12. The van der Waals surface area contributed by atoms with Crippen LogP contribution >= 0.6 is 11.3 Å². The molecule has 3 aromatic rings. The number of esters is 1. The van der Waals surface area contributed by atoms with Crippen LogP contribution in [0.15, 0.2) is 40.8 Å². The summed E-state index contributed by atoms with van der Waals surface area (Å²) in [4.78, 5) is 29.5. The predicted molar refractivity (Wildman–Crippen MR) is 96.5 cm³/mol. The van der Waals surface area contributed by atoms with E-state index in [0.717, 1.165) is 11.3 Å². The van der Waals surface area contributed by atoms with E-state index in [-0.39, 0.29) is 17.7 Å². The molecule has 25 heavy (non-hydrogen) atoms. The van der Waals surface area contributed by atoms with Crippen molar-refractivity contribution in [2.75, 3.05) is 13.2 Å². The third-order valence-electron chi connectivity index (χ3n) is 3.68. The van der Waals surface area contributed by atoms with Crippen molar-refractivity contribution in [2.24, 2.45) is 0 Å². The van der Waals surface area contributed by atoms with Crippen molar-refractivity contribution >= 4 is 27.5 Å². The molecule has 0 radical (unpaired) electrons. The van der Waals surface area contributed by atoms with Gasteiger partial charge in [0.1, 0.15) is 17.2 Å². The van der Waals surface area contributed by atoms with E-state index in [1.807, 2.05) is 31.2 Å². The number of carbonyl (C=O) groups is 1. The van der Waals surface area contributed by atoms with Gasteiger partial charge in [0.2, 0.25) is 0 Å². The van der Waals surface area contributed by atoms with Crippen molar-refractivity contribution in [1.29, 1.82) is 0 Å². The van der Waals surface area contributed by atoms with E-state index in [2.05, 4.69) is 4.98 Å². The maximum Gasteiger partial charge on any atom is 0.339 e. The molecular formula is C18H18N2O4S. The molecule has 2 aromatic heterocycles. The van der Waals surface area contributed by atoms with Crippen molar-refractivity contribution in [2.45, 2.75) is 20.4 Å². The zero-order valence-corrected chi connectivity index (χ0v) is 14.8. The fourth-order valence-corrected chi connectivity index (χ4v) is 3.25. The minimum atomic E-state index is -0.499. The highest BCUT2D eigenvalue weighted by molar-refractivity contribution is 7.17. The zero-order valence-electron chi connectivity index (χ0n) is 14.0. The molecule has 0 spiro atoms. The molecule has 0 bridgehead atoms. The minimum absolute atomic E-state index is 0.259. The largest absolute Gasteiger partial charge is 0.492 e. The maximum absolute atomic E-state index is 12.7. The Morgan fingerprint density at radius 3 is 2.76 bits per heavy atom. The number of ether oxygens (including phenoxy) is 2. The zero-order chi connectivity index (χ0) is 17.8. The second-order valence-electron chi connectivity index (χ2n) is 5.45. The molecule has 0 saturated carbocycles. The third kappa shape index (κ3) is 3.71. The lowest BCUT2D eigenvalue weighted by Gasteiger charge is -2.08. The van der Waals surface area contributed by atoms with Gasteiger partial charge in [-0.05, 0) is 26.0 Å². The summed E-state index contributed by atoms with van der Waals surface area (Å²) in [6.45, 7) is 4.66. The minimum Gasteiger partial charge on any atom is -0.492 e. The van der Waals surface area contributed by atoms with Crippen molar-refractivity contribution in [3.63, 3.8) is 0 Å². The molecule has 0 aliphatic heterocycles. The molecule has 7 heteroatoms. The highest BCUT2D eigenvalue weighted by Gasteiger charge is 2.18. The number of fused-ring (bicyclic) bond motifs is 1. The van der Waals surface area contributed by atoms with Crippen LogP contribution in [0.5, 0.6) is 5.75 Å². The summed E-state index contributed by atoms with van der Waals surface area (Å²) in [6, 6.07) is 7.70. The van der Waals surface area contributed by atoms with E-state index in [1.54, 1.807) is 12.3 Å². The molecule has 2 heterocycles. The fourth-order valence-electron chi connectivity index (χ4n) is 2.38. The molecule has 1 aromatic carbocycles. The summed E-state index contributed by atoms with van der Waals surface area (Å²) in [5.41, 5.74) is 1.16. The first-order valence-corrected chi connectivity index (χ1v) is 8.81. The lowest BCUT2D eigenvalue weighted by Crippen LogP contribution is -2.24. The number of benzene rings is 1. The van der Waals surface area contributed by atoms with E-state index in [9.17, 15) is 9.59 Å². The lowest BCUT2D eigenvalue weighted by atomic mass is 10.2. The Morgan fingerprint density at radius 1 is 1.28 bits per heavy atom. The summed E-state index contributed by atoms with van der Waals surface area (Å²) in [6.07, 6.45) is 1.48. The summed E-state index contributed by atoms with van der Waals surface area (Å²) in [5, 5.41) is 1.92. The number of hydrogen-bond acceptors (Lipinski definition) is 6. The lowest BCUT2D eigenvalue weighted by molar-refractivity contribution is 0.0529. The normalized spacial score (nSPS) is 10.8. The van der Waals surface area contributed by atoms with Crippen LogP contribution in [0.3, 0.4) is 0 Å². The molecule has 3 rings (SSSR count). The van der Waals surface area contributed by atoms with Crippen LogP contribution in [0.2, 0.25) is 0 Å². The first-order chi connectivity index (χ1) is 12.1. The van der Waals surface area contributed by atoms with Crippen molar-refractivity contribution in [3.8, 4) is 5.75 Å². The number of thiophene rings is 1. The molecule has 0 aliphatic rings. The van der Waals surface area contributed by atoms with E-state index in [4.69, 9.17) is 9.47 Å². The monoisotopic (exact) mass is 358 g/mol. The molecule has 0 unspecified atom stereocenters. The van der Waals surface area contributed by atoms with Gasteiger partial charge < -0.3 is 9.47 Å². The maximum atomic E-state index is 12.7. The molecule has 0 N–H and O–H groups in total. The average Bonchev–Trinajstić information content (AvgIpc) is 3.04. The number of carbonyl (C=O) groups excluding carboxylic acids is 1. The van der Waals surface area contributed by atoms with Crippen LogP contribution in [0.25, 0.3) is 10.2 Å². The Morgan fingerprint density at radius 2 is 2.04 bits per heavy atom. The van der Waals surface area contributed by atoms with Gasteiger partial charge >= 0.3 is 5.97 Å². The molecular weight excluding hydrogens is 340 g/mol. The summed E-state index contributed by atoms with van der Waals surface area (Å²) in [7, 11) is 0. The predicted octanol–water partition coefficient (Wildman–Crippen LogP) is 3.02. The van der Waals surface area contributed by atoms with E-state index in [0.29, 0.717) is 23.4 Å². The van der Waals surface area contributed by atoms with E-state index < -0.39 is 5.97 Å². The van der Waals surface area contributed by atoms with Crippen molar-refractivity contribution in [1.82, 2.24) is 9.55 Å². The highest BCUT2D eigenvalue weighted by Crippen LogP contribution is 2.21. The average molecular weight is 358 g/mol. The molecule has 0 amide bonds. The molecule has 0 saturated heterocycles. The van der Waals surface area contributed by atoms with E-state index >= 15 is 0 Å². The first kappa shape index (κ1) is 17.2. The Hall–Kier alpha value is -2.67. The van der Waals surface area contributed by atoms with Gasteiger partial charge in [-0.25, -0.2) is 9.78 Å². The molecule has 0 fully saturated rings. The van der Waals surface area contributed by atoms with Crippen LogP contribution in [0, 0.1) is 6.92 Å². The number of aryl methyl sites for hydroxylation is 1. The van der Waals surface area contributed by atoms with Crippen LogP contribution in [0.4, 0.5) is 0 Å². The van der Waals surface area contributed by atoms with Gasteiger partial charge in [0.15, 0.2) is 0 Å². The molecule has 130 valence electrons. The Bertz CT molecular complexity index is 944. The van der Waals surface area contributed by atoms with Crippen molar-refractivity contribution in [3.05, 3.63) is 57.5 Å². The topological polar surface area (TPSA) is 70.4 Å². The van der Waals surface area contributed by atoms with Gasteiger partial charge in [-0.1, -0.05) is 17.7 Å². The van der Waals surface area contributed by atoms with Crippen LogP contribution in [0.1, 0.15) is 22.8 Å². The molecule has 0 aliphatic carbocycles. The van der Waals surface area contributed by atoms with Crippen LogP contribution in [-0.4, -0.2) is 28.7 Å². The Kier molecular flexibility index (Phi) is 5.14. The standard InChI is InChI=1S/C18H18N2O4S/c1-3-23-18(22)14-10-25-16-15(14)17(21)20(11-19-16)8-9-24-13-6-4-12(2)5-7-13/h4-7,10-11H,3,8-9H2,1-2H3. The van der Waals surface area contributed by atoms with E-state index in [1.165, 1.54) is 22.2 Å². The smallest absolute Gasteiger partial charge is 0.339 e. The van der Waals surface area contributed by atoms with Gasteiger partial charge in [0.05, 0.1) is 30.4 Å². The number of aromatic nitrogens is 2. The number of rotatable bonds is 6. The van der Waals surface area contributed by atoms with Gasteiger partial charge in [-0.2, -0.15) is 0 Å². The second kappa shape index (κ2) is 7.48. The Balaban J connectivity index is 1.78. The van der Waals surface area contributed by atoms with Crippen LogP contribution in [-0.2, 0) is 11.3 Å². The second-order valence-corrected chi connectivity index (χ2v) is 6.31. The third-order valence-corrected chi connectivity index (χ3v) is 4.56. The van der Waals surface area contributed by atoms with Gasteiger partial charge in [-0.15, -0.1) is 11.3 Å². The number of nitrogens with zero attached hydrogens (tertiary/aromatic N) is 2. The number of hydrogen-bond donors (Lipinski definition) is 0. The molecule has 6 nitrogen and oxygen atoms in total. The Labute approximate surface area is 148 Å². The highest BCUT2D eigenvalue weighted by atomic mass is 32.1. The summed E-state index contributed by atoms with van der Waals surface area (Å²) < 4.78 is 12.1. The molecule has 0 atom stereocenters. The summed E-state index contributed by atoms with van der Waals surface area (Å²) >= 11 is 1.26. The quantitative estimate of drug-likeness (QED) is 0.634. The van der Waals surface area contributed by atoms with Gasteiger partial charge in [0.25, 0.3) is 5.56 Å².